The molecule has 0 saturated heterocycles. The van der Waals surface area contributed by atoms with Gasteiger partial charge in [-0.2, -0.15) is 0 Å². The SMILES string of the molecule is CC(=O)Oc1cccc(C(=O)Nc2ccccc2C(=O)O)c1. The predicted octanol–water partition coefficient (Wildman–Crippen LogP) is 2.56. The first-order valence-electron chi connectivity index (χ1n) is 6.39. The zero-order chi connectivity index (χ0) is 16.1. The smallest absolute Gasteiger partial charge is 0.337 e. The van der Waals surface area contributed by atoms with Crippen molar-refractivity contribution in [3.05, 3.63) is 59.7 Å². The van der Waals surface area contributed by atoms with Crippen molar-refractivity contribution < 1.29 is 24.2 Å². The summed E-state index contributed by atoms with van der Waals surface area (Å²) in [5.41, 5.74) is 0.434. The lowest BCUT2D eigenvalue weighted by Gasteiger charge is -2.09. The van der Waals surface area contributed by atoms with Crippen LogP contribution in [0, 0.1) is 0 Å². The normalized spacial score (nSPS) is 9.86. The molecule has 2 aromatic carbocycles. The third kappa shape index (κ3) is 3.69. The van der Waals surface area contributed by atoms with Crippen molar-refractivity contribution in [1.29, 1.82) is 0 Å². The van der Waals surface area contributed by atoms with E-state index in [1.54, 1.807) is 24.3 Å². The lowest BCUT2D eigenvalue weighted by molar-refractivity contribution is -0.131. The quantitative estimate of drug-likeness (QED) is 0.668. The minimum atomic E-state index is -1.13. The molecule has 0 fully saturated rings. The predicted molar refractivity (Wildman–Crippen MR) is 79.1 cm³/mol. The number of hydrogen-bond donors (Lipinski definition) is 2. The number of amides is 1. The maximum atomic E-state index is 12.2. The Morgan fingerprint density at radius 1 is 1.05 bits per heavy atom. The van der Waals surface area contributed by atoms with Crippen LogP contribution in [-0.2, 0) is 4.79 Å². The molecule has 6 nitrogen and oxygen atoms in total. The number of carboxylic acids is 1. The van der Waals surface area contributed by atoms with Gasteiger partial charge in [0.25, 0.3) is 5.91 Å². The summed E-state index contributed by atoms with van der Waals surface area (Å²) < 4.78 is 4.90. The molecule has 112 valence electrons. The molecule has 6 heteroatoms. The molecule has 2 rings (SSSR count). The molecule has 0 saturated carbocycles. The lowest BCUT2D eigenvalue weighted by atomic mass is 10.1. The van der Waals surface area contributed by atoms with Gasteiger partial charge in [-0.15, -0.1) is 0 Å². The van der Waals surface area contributed by atoms with E-state index < -0.39 is 17.8 Å². The van der Waals surface area contributed by atoms with E-state index in [0.29, 0.717) is 0 Å². The second-order valence-corrected chi connectivity index (χ2v) is 4.43. The van der Waals surface area contributed by atoms with Crippen molar-refractivity contribution in [3.8, 4) is 5.75 Å². The van der Waals surface area contributed by atoms with Gasteiger partial charge in [0.2, 0.25) is 0 Å². The highest BCUT2D eigenvalue weighted by Crippen LogP contribution is 2.18. The number of benzene rings is 2. The van der Waals surface area contributed by atoms with E-state index in [4.69, 9.17) is 9.84 Å². The fourth-order valence-corrected chi connectivity index (χ4v) is 1.84. The van der Waals surface area contributed by atoms with E-state index in [-0.39, 0.29) is 22.6 Å². The van der Waals surface area contributed by atoms with E-state index in [2.05, 4.69) is 5.32 Å². The molecule has 1 amide bonds. The van der Waals surface area contributed by atoms with Gasteiger partial charge in [-0.25, -0.2) is 4.79 Å². The molecule has 0 radical (unpaired) electrons. The maximum absolute atomic E-state index is 12.2. The summed E-state index contributed by atoms with van der Waals surface area (Å²) in [5.74, 6) is -1.88. The first-order valence-corrected chi connectivity index (χ1v) is 6.39. The van der Waals surface area contributed by atoms with Crippen LogP contribution in [0.3, 0.4) is 0 Å². The van der Waals surface area contributed by atoms with Crippen LogP contribution in [0.5, 0.6) is 5.75 Å². The van der Waals surface area contributed by atoms with Crippen molar-refractivity contribution in [2.45, 2.75) is 6.92 Å². The Hall–Kier alpha value is -3.15. The van der Waals surface area contributed by atoms with Gasteiger partial charge >= 0.3 is 11.9 Å². The van der Waals surface area contributed by atoms with Crippen LogP contribution in [0.4, 0.5) is 5.69 Å². The first-order chi connectivity index (χ1) is 10.5. The summed E-state index contributed by atoms with van der Waals surface area (Å²) >= 11 is 0. The summed E-state index contributed by atoms with van der Waals surface area (Å²) in [6.07, 6.45) is 0. The molecule has 0 aliphatic carbocycles. The number of carbonyl (C=O) groups is 3. The number of anilines is 1. The average molecular weight is 299 g/mol. The van der Waals surface area contributed by atoms with Crippen molar-refractivity contribution in [3.63, 3.8) is 0 Å². The molecule has 0 unspecified atom stereocenters. The fourth-order valence-electron chi connectivity index (χ4n) is 1.84. The first kappa shape index (κ1) is 15.2. The topological polar surface area (TPSA) is 92.7 Å². The molecule has 0 atom stereocenters. The highest BCUT2D eigenvalue weighted by Gasteiger charge is 2.13. The molecule has 22 heavy (non-hydrogen) atoms. The molecule has 0 aromatic heterocycles. The van der Waals surface area contributed by atoms with Crippen LogP contribution in [0.1, 0.15) is 27.6 Å². The highest BCUT2D eigenvalue weighted by molar-refractivity contribution is 6.07. The zero-order valence-corrected chi connectivity index (χ0v) is 11.7. The molecule has 0 aliphatic rings. The molecule has 2 N–H and O–H groups in total. The highest BCUT2D eigenvalue weighted by atomic mass is 16.5. The number of carboxylic acid groups (broad SMARTS) is 1. The number of carbonyl (C=O) groups excluding carboxylic acids is 2. The van der Waals surface area contributed by atoms with E-state index >= 15 is 0 Å². The van der Waals surface area contributed by atoms with E-state index in [1.165, 1.54) is 31.2 Å². The Balaban J connectivity index is 2.23. The summed E-state index contributed by atoms with van der Waals surface area (Å²) in [6.45, 7) is 1.26. The fraction of sp³-hybridized carbons (Fsp3) is 0.0625. The molecular formula is C16H13NO5. The average Bonchev–Trinajstić information content (AvgIpc) is 2.47. The van der Waals surface area contributed by atoms with Crippen LogP contribution < -0.4 is 10.1 Å². The summed E-state index contributed by atoms with van der Waals surface area (Å²) in [6, 6.07) is 12.1. The summed E-state index contributed by atoms with van der Waals surface area (Å²) in [7, 11) is 0. The Morgan fingerprint density at radius 3 is 2.45 bits per heavy atom. The standard InChI is InChI=1S/C16H13NO5/c1-10(18)22-12-6-4-5-11(9-12)15(19)17-14-8-3-2-7-13(14)16(20)21/h2-9H,1H3,(H,17,19)(H,20,21). The van der Waals surface area contributed by atoms with Gasteiger partial charge in [0, 0.05) is 12.5 Å². The van der Waals surface area contributed by atoms with Crippen LogP contribution >= 0.6 is 0 Å². The van der Waals surface area contributed by atoms with Gasteiger partial charge < -0.3 is 15.2 Å². The maximum Gasteiger partial charge on any atom is 0.337 e. The largest absolute Gasteiger partial charge is 0.478 e. The van der Waals surface area contributed by atoms with Gasteiger partial charge in [-0.3, -0.25) is 9.59 Å². The van der Waals surface area contributed by atoms with Gasteiger partial charge in [0.15, 0.2) is 0 Å². The molecule has 0 aliphatic heterocycles. The van der Waals surface area contributed by atoms with Gasteiger partial charge in [0.1, 0.15) is 5.75 Å². The van der Waals surface area contributed by atoms with Crippen molar-refractivity contribution in [1.82, 2.24) is 0 Å². The lowest BCUT2D eigenvalue weighted by Crippen LogP contribution is -2.15. The third-order valence-corrected chi connectivity index (χ3v) is 2.76. The molecule has 2 aromatic rings. The number of aromatic carboxylic acids is 1. The Labute approximate surface area is 126 Å². The van der Waals surface area contributed by atoms with Crippen LogP contribution in [0.2, 0.25) is 0 Å². The molecule has 0 heterocycles. The van der Waals surface area contributed by atoms with Crippen LogP contribution in [0.15, 0.2) is 48.5 Å². The second kappa shape index (κ2) is 6.53. The van der Waals surface area contributed by atoms with Crippen molar-refractivity contribution in [2.75, 3.05) is 5.32 Å². The van der Waals surface area contributed by atoms with Crippen LogP contribution in [0.25, 0.3) is 0 Å². The zero-order valence-electron chi connectivity index (χ0n) is 11.7. The number of ether oxygens (including phenoxy) is 1. The summed E-state index contributed by atoms with van der Waals surface area (Å²) in [5, 5.41) is 11.6. The van der Waals surface area contributed by atoms with Gasteiger partial charge in [-0.1, -0.05) is 18.2 Å². The number of hydrogen-bond acceptors (Lipinski definition) is 4. The Morgan fingerprint density at radius 2 is 1.77 bits per heavy atom. The van der Waals surface area contributed by atoms with Crippen molar-refractivity contribution >= 4 is 23.5 Å². The number of rotatable bonds is 4. The number of para-hydroxylation sites is 1. The minimum Gasteiger partial charge on any atom is -0.478 e. The molecule has 0 bridgehead atoms. The summed E-state index contributed by atoms with van der Waals surface area (Å²) in [4.78, 5) is 34.2. The Bertz CT molecular complexity index is 739. The second-order valence-electron chi connectivity index (χ2n) is 4.43. The van der Waals surface area contributed by atoms with Crippen molar-refractivity contribution in [2.24, 2.45) is 0 Å². The minimum absolute atomic E-state index is 0.00742. The Kier molecular flexibility index (Phi) is 4.53. The van der Waals surface area contributed by atoms with Crippen LogP contribution in [-0.4, -0.2) is 23.0 Å². The molecular weight excluding hydrogens is 286 g/mol. The third-order valence-electron chi connectivity index (χ3n) is 2.76. The van der Waals surface area contributed by atoms with E-state index in [9.17, 15) is 14.4 Å². The molecule has 0 spiro atoms. The van der Waals surface area contributed by atoms with Gasteiger partial charge in [-0.05, 0) is 30.3 Å². The number of nitrogens with one attached hydrogen (secondary N) is 1. The van der Waals surface area contributed by atoms with Gasteiger partial charge in [0.05, 0.1) is 11.3 Å². The van der Waals surface area contributed by atoms with E-state index in [1.807, 2.05) is 0 Å². The van der Waals surface area contributed by atoms with E-state index in [0.717, 1.165) is 0 Å². The number of esters is 1. The monoisotopic (exact) mass is 299 g/mol.